The molecule has 0 spiro atoms. The average molecular weight is 318 g/mol. The molecule has 8 heteroatoms. The monoisotopic (exact) mass is 318 g/mol. The van der Waals surface area contributed by atoms with Crippen molar-refractivity contribution in [2.75, 3.05) is 5.73 Å². The summed E-state index contributed by atoms with van der Waals surface area (Å²) in [5, 5.41) is 13.7. The maximum absolute atomic E-state index is 11.0. The molecule has 3 aromatic rings. The Balaban J connectivity index is 1.85. The SMILES string of the molecule is Nc1nc(CSc2ccccc2[N+](=O)[O-])nc2sccc12. The molecule has 0 saturated heterocycles. The van der Waals surface area contributed by atoms with Crippen molar-refractivity contribution in [1.29, 1.82) is 0 Å². The molecule has 106 valence electrons. The smallest absolute Gasteiger partial charge is 0.282 e. The van der Waals surface area contributed by atoms with Crippen LogP contribution in [0.15, 0.2) is 40.6 Å². The average Bonchev–Trinajstić information content (AvgIpc) is 2.94. The Labute approximate surface area is 128 Å². The number of fused-ring (bicyclic) bond motifs is 1. The second kappa shape index (κ2) is 5.66. The van der Waals surface area contributed by atoms with Gasteiger partial charge in [0.15, 0.2) is 0 Å². The highest BCUT2D eigenvalue weighted by molar-refractivity contribution is 7.98. The summed E-state index contributed by atoms with van der Waals surface area (Å²) in [7, 11) is 0. The third kappa shape index (κ3) is 2.81. The number of benzene rings is 1. The van der Waals surface area contributed by atoms with Gasteiger partial charge in [-0.15, -0.1) is 23.1 Å². The number of nitro benzene ring substituents is 1. The number of rotatable bonds is 4. The number of nitrogens with zero attached hydrogens (tertiary/aromatic N) is 3. The number of para-hydroxylation sites is 1. The molecule has 0 bridgehead atoms. The number of thioether (sulfide) groups is 1. The molecule has 0 unspecified atom stereocenters. The van der Waals surface area contributed by atoms with Gasteiger partial charge in [-0.3, -0.25) is 10.1 Å². The molecule has 2 N–H and O–H groups in total. The summed E-state index contributed by atoms with van der Waals surface area (Å²) in [6.45, 7) is 0. The number of hydrogen-bond acceptors (Lipinski definition) is 7. The lowest BCUT2D eigenvalue weighted by Crippen LogP contribution is -1.98. The number of nitrogen functional groups attached to an aromatic ring is 1. The van der Waals surface area contributed by atoms with Gasteiger partial charge in [0.1, 0.15) is 16.5 Å². The van der Waals surface area contributed by atoms with Gasteiger partial charge in [0.2, 0.25) is 0 Å². The Bertz CT molecular complexity index is 819. The lowest BCUT2D eigenvalue weighted by molar-refractivity contribution is -0.387. The lowest BCUT2D eigenvalue weighted by Gasteiger charge is -2.03. The molecular weight excluding hydrogens is 308 g/mol. The van der Waals surface area contributed by atoms with Crippen LogP contribution in [0.1, 0.15) is 5.82 Å². The van der Waals surface area contributed by atoms with Crippen LogP contribution in [0.5, 0.6) is 0 Å². The van der Waals surface area contributed by atoms with E-state index in [4.69, 9.17) is 5.73 Å². The molecule has 0 fully saturated rings. The topological polar surface area (TPSA) is 94.9 Å². The first kappa shape index (κ1) is 13.8. The van der Waals surface area contributed by atoms with Crippen LogP contribution >= 0.6 is 23.1 Å². The van der Waals surface area contributed by atoms with Gasteiger partial charge in [0.25, 0.3) is 5.69 Å². The van der Waals surface area contributed by atoms with E-state index < -0.39 is 0 Å². The summed E-state index contributed by atoms with van der Waals surface area (Å²) < 4.78 is 0. The third-order valence-corrected chi connectivity index (χ3v) is 4.68. The van der Waals surface area contributed by atoms with E-state index in [-0.39, 0.29) is 10.6 Å². The number of aromatic nitrogens is 2. The van der Waals surface area contributed by atoms with Crippen molar-refractivity contribution in [3.8, 4) is 0 Å². The van der Waals surface area contributed by atoms with Gasteiger partial charge in [-0.25, -0.2) is 9.97 Å². The Hall–Kier alpha value is -2.19. The van der Waals surface area contributed by atoms with E-state index in [1.54, 1.807) is 18.2 Å². The molecule has 2 heterocycles. The second-order valence-corrected chi connectivity index (χ2v) is 6.09. The second-order valence-electron chi connectivity index (χ2n) is 4.18. The molecule has 0 aliphatic heterocycles. The fourth-order valence-electron chi connectivity index (χ4n) is 1.86. The van der Waals surface area contributed by atoms with Gasteiger partial charge in [-0.2, -0.15) is 0 Å². The van der Waals surface area contributed by atoms with E-state index in [9.17, 15) is 10.1 Å². The van der Waals surface area contributed by atoms with Gasteiger partial charge in [-0.05, 0) is 17.5 Å². The van der Waals surface area contributed by atoms with Crippen LogP contribution in [-0.2, 0) is 5.75 Å². The van der Waals surface area contributed by atoms with Crippen molar-refractivity contribution in [1.82, 2.24) is 9.97 Å². The largest absolute Gasteiger partial charge is 0.383 e. The fraction of sp³-hybridized carbons (Fsp3) is 0.0769. The molecule has 0 saturated carbocycles. The normalized spacial score (nSPS) is 10.9. The predicted octanol–water partition coefficient (Wildman–Crippen LogP) is 3.47. The summed E-state index contributed by atoms with van der Waals surface area (Å²) in [5.74, 6) is 1.45. The molecule has 0 aliphatic carbocycles. The van der Waals surface area contributed by atoms with Crippen molar-refractivity contribution in [3.05, 3.63) is 51.7 Å². The number of hydrogen-bond donors (Lipinski definition) is 1. The van der Waals surface area contributed by atoms with Crippen molar-refractivity contribution in [2.45, 2.75) is 10.6 Å². The fourth-order valence-corrected chi connectivity index (χ4v) is 3.53. The number of nitro groups is 1. The van der Waals surface area contributed by atoms with Crippen LogP contribution in [0.2, 0.25) is 0 Å². The van der Waals surface area contributed by atoms with Crippen LogP contribution < -0.4 is 5.73 Å². The summed E-state index contributed by atoms with van der Waals surface area (Å²) in [5.41, 5.74) is 5.98. The first-order chi connectivity index (χ1) is 10.1. The van der Waals surface area contributed by atoms with E-state index in [0.29, 0.717) is 22.3 Å². The van der Waals surface area contributed by atoms with Crippen molar-refractivity contribution in [2.24, 2.45) is 0 Å². The van der Waals surface area contributed by atoms with Gasteiger partial charge in [0.05, 0.1) is 21.0 Å². The van der Waals surface area contributed by atoms with Crippen LogP contribution in [0, 0.1) is 10.1 Å². The van der Waals surface area contributed by atoms with Crippen LogP contribution in [0.4, 0.5) is 11.5 Å². The van der Waals surface area contributed by atoms with Crippen molar-refractivity contribution >= 4 is 44.8 Å². The standard InChI is InChI=1S/C13H10N4O2S2/c14-12-8-5-6-20-13(8)16-11(15-12)7-21-10-4-2-1-3-9(10)17(18)19/h1-6H,7H2,(H2,14,15,16). The zero-order valence-electron chi connectivity index (χ0n) is 10.7. The van der Waals surface area contributed by atoms with Gasteiger partial charge in [0, 0.05) is 6.07 Å². The zero-order chi connectivity index (χ0) is 14.8. The van der Waals surface area contributed by atoms with E-state index in [0.717, 1.165) is 10.2 Å². The first-order valence-electron chi connectivity index (χ1n) is 6.01. The molecule has 2 aromatic heterocycles. The van der Waals surface area contributed by atoms with Gasteiger partial charge in [-0.1, -0.05) is 12.1 Å². The molecular formula is C13H10N4O2S2. The molecule has 6 nitrogen and oxygen atoms in total. The minimum absolute atomic E-state index is 0.0904. The molecule has 0 aliphatic rings. The predicted molar refractivity (Wildman–Crippen MR) is 84.5 cm³/mol. The van der Waals surface area contributed by atoms with Crippen LogP contribution in [-0.4, -0.2) is 14.9 Å². The Morgan fingerprint density at radius 2 is 2.10 bits per heavy atom. The number of thiophene rings is 1. The lowest BCUT2D eigenvalue weighted by atomic mass is 10.3. The van der Waals surface area contributed by atoms with Gasteiger partial charge < -0.3 is 5.73 Å². The van der Waals surface area contributed by atoms with Gasteiger partial charge >= 0.3 is 0 Å². The van der Waals surface area contributed by atoms with E-state index >= 15 is 0 Å². The minimum Gasteiger partial charge on any atom is -0.383 e. The highest BCUT2D eigenvalue weighted by atomic mass is 32.2. The quantitative estimate of drug-likeness (QED) is 0.449. The molecule has 1 aromatic carbocycles. The highest BCUT2D eigenvalue weighted by Crippen LogP contribution is 2.31. The zero-order valence-corrected chi connectivity index (χ0v) is 12.4. The van der Waals surface area contributed by atoms with Crippen molar-refractivity contribution in [3.63, 3.8) is 0 Å². The summed E-state index contributed by atoms with van der Waals surface area (Å²) in [4.78, 5) is 20.7. The maximum Gasteiger partial charge on any atom is 0.282 e. The summed E-state index contributed by atoms with van der Waals surface area (Å²) in [6.07, 6.45) is 0. The molecule has 21 heavy (non-hydrogen) atoms. The summed E-state index contributed by atoms with van der Waals surface area (Å²) >= 11 is 2.83. The van der Waals surface area contributed by atoms with E-state index in [2.05, 4.69) is 9.97 Å². The number of nitrogens with two attached hydrogens (primary N) is 1. The molecule has 0 radical (unpaired) electrons. The van der Waals surface area contributed by atoms with E-state index in [1.165, 1.54) is 29.2 Å². The van der Waals surface area contributed by atoms with Crippen LogP contribution in [0.3, 0.4) is 0 Å². The molecule has 0 atom stereocenters. The minimum atomic E-state index is -0.389. The third-order valence-electron chi connectivity index (χ3n) is 2.82. The maximum atomic E-state index is 11.0. The first-order valence-corrected chi connectivity index (χ1v) is 7.87. The van der Waals surface area contributed by atoms with E-state index in [1.807, 2.05) is 11.4 Å². The molecule has 3 rings (SSSR count). The van der Waals surface area contributed by atoms with Crippen molar-refractivity contribution < 1.29 is 4.92 Å². The van der Waals surface area contributed by atoms with Crippen LogP contribution in [0.25, 0.3) is 10.2 Å². The summed E-state index contributed by atoms with van der Waals surface area (Å²) in [6, 6.07) is 8.51. The highest BCUT2D eigenvalue weighted by Gasteiger charge is 2.14. The Kier molecular flexibility index (Phi) is 3.72. The molecule has 0 amide bonds. The Morgan fingerprint density at radius 3 is 2.90 bits per heavy atom. The Morgan fingerprint density at radius 1 is 1.29 bits per heavy atom. The number of anilines is 1.